The fourth-order valence-electron chi connectivity index (χ4n) is 2.09. The van der Waals surface area contributed by atoms with Crippen LogP contribution in [0.3, 0.4) is 0 Å². The van der Waals surface area contributed by atoms with Crippen LogP contribution in [0.1, 0.15) is 65.2 Å². The maximum atomic E-state index is 5.68. The van der Waals surface area contributed by atoms with Crippen LogP contribution in [-0.4, -0.2) is 14.4 Å². The number of halogens is 2. The molecular weight excluding hydrogens is 267 g/mol. The van der Waals surface area contributed by atoms with Gasteiger partial charge in [0.05, 0.1) is 0 Å². The molecule has 0 nitrogen and oxygen atoms in total. The first-order chi connectivity index (χ1) is 8.13. The average molecular weight is 297 g/mol. The second-order valence-electron chi connectivity index (χ2n) is 5.54. The zero-order chi connectivity index (χ0) is 12.9. The number of hydrogen-bond donors (Lipinski definition) is 0. The second kappa shape index (κ2) is 13.2. The summed E-state index contributed by atoms with van der Waals surface area (Å²) in [5.74, 6) is 0.939. The van der Waals surface area contributed by atoms with E-state index in [1.165, 1.54) is 51.0 Å². The highest BCUT2D eigenvalue weighted by atomic mass is 35.5. The normalized spacial score (nSPS) is 12.4. The van der Waals surface area contributed by atoms with Crippen LogP contribution in [0.15, 0.2) is 0 Å². The minimum Gasteiger partial charge on any atom is -0.105 e. The van der Waals surface area contributed by atoms with Crippen LogP contribution in [0, 0.1) is 5.92 Å². The van der Waals surface area contributed by atoms with Crippen LogP contribution >= 0.6 is 23.2 Å². The van der Waals surface area contributed by atoms with Gasteiger partial charge in [0.1, 0.15) is 4.84 Å². The lowest BCUT2D eigenvalue weighted by molar-refractivity contribution is 0.582. The van der Waals surface area contributed by atoms with Gasteiger partial charge in [-0.15, -0.1) is 23.2 Å². The molecule has 0 fully saturated rings. The van der Waals surface area contributed by atoms with Crippen LogP contribution < -0.4 is 0 Å². The molecule has 0 N–H and O–H groups in total. The third kappa shape index (κ3) is 16.8. The van der Waals surface area contributed by atoms with Crippen molar-refractivity contribution in [1.82, 2.24) is 0 Å². The molecule has 0 aliphatic carbocycles. The number of rotatable bonds is 12. The zero-order valence-electron chi connectivity index (χ0n) is 11.7. The predicted octanol–water partition coefficient (Wildman–Crippen LogP) is 5.57. The molecule has 0 rings (SSSR count). The van der Waals surface area contributed by atoms with E-state index in [0.717, 1.165) is 12.3 Å². The predicted molar refractivity (Wildman–Crippen MR) is 85.4 cm³/mol. The van der Waals surface area contributed by atoms with E-state index < -0.39 is 0 Å². The Kier molecular flexibility index (Phi) is 13.9. The molecule has 0 saturated heterocycles. The first kappa shape index (κ1) is 17.8. The summed E-state index contributed by atoms with van der Waals surface area (Å²) in [6, 6.07) is 3.11. The fourth-order valence-corrected chi connectivity index (χ4v) is 4.21. The number of unbranched alkanes of at least 4 members (excludes halogenated alkanes) is 6. The molecule has 0 amide bonds. The van der Waals surface area contributed by atoms with Gasteiger partial charge in [0, 0.05) is 9.52 Å². The standard InChI is InChI=1S/C14H30Cl2Si/c1-13(2)12-17-11-9-7-5-3-4-6-8-10-14(15)16/h13-14H,3-12,17H2,1-2H3. The Morgan fingerprint density at radius 1 is 0.824 bits per heavy atom. The van der Waals surface area contributed by atoms with Crippen molar-refractivity contribution in [3.63, 3.8) is 0 Å². The highest BCUT2D eigenvalue weighted by Gasteiger charge is 1.98. The Morgan fingerprint density at radius 3 is 1.88 bits per heavy atom. The maximum absolute atomic E-state index is 5.68. The summed E-state index contributed by atoms with van der Waals surface area (Å²) in [4.78, 5) is -0.152. The zero-order valence-corrected chi connectivity index (χ0v) is 14.6. The molecule has 0 aromatic carbocycles. The van der Waals surface area contributed by atoms with Crippen molar-refractivity contribution < 1.29 is 0 Å². The van der Waals surface area contributed by atoms with E-state index in [2.05, 4.69) is 13.8 Å². The first-order valence-electron chi connectivity index (χ1n) is 7.41. The van der Waals surface area contributed by atoms with Crippen LogP contribution in [0.25, 0.3) is 0 Å². The minimum absolute atomic E-state index is 0.152. The Morgan fingerprint density at radius 2 is 1.35 bits per heavy atom. The van der Waals surface area contributed by atoms with E-state index >= 15 is 0 Å². The van der Waals surface area contributed by atoms with Crippen LogP contribution in [0.4, 0.5) is 0 Å². The average Bonchev–Trinajstić information content (AvgIpc) is 2.25. The van der Waals surface area contributed by atoms with Gasteiger partial charge in [0.15, 0.2) is 0 Å². The van der Waals surface area contributed by atoms with Gasteiger partial charge in [0.25, 0.3) is 0 Å². The molecule has 0 aromatic rings. The van der Waals surface area contributed by atoms with Gasteiger partial charge >= 0.3 is 0 Å². The van der Waals surface area contributed by atoms with Crippen molar-refractivity contribution in [2.24, 2.45) is 5.92 Å². The molecule has 0 atom stereocenters. The highest BCUT2D eigenvalue weighted by molar-refractivity contribution is 6.44. The molecule has 0 unspecified atom stereocenters. The lowest BCUT2D eigenvalue weighted by atomic mass is 10.1. The van der Waals surface area contributed by atoms with Crippen LogP contribution in [-0.2, 0) is 0 Å². The fraction of sp³-hybridized carbons (Fsp3) is 1.00. The summed E-state index contributed by atoms with van der Waals surface area (Å²) in [5.41, 5.74) is 0. The Labute approximate surface area is 121 Å². The number of hydrogen-bond acceptors (Lipinski definition) is 0. The Balaban J connectivity index is 2.94. The highest BCUT2D eigenvalue weighted by Crippen LogP contribution is 2.15. The van der Waals surface area contributed by atoms with Gasteiger partial charge in [-0.25, -0.2) is 0 Å². The molecular formula is C14H30Cl2Si. The number of alkyl halides is 2. The Hall–Kier alpha value is 0.797. The molecule has 0 spiro atoms. The summed E-state index contributed by atoms with van der Waals surface area (Å²) in [7, 11) is 0.278. The topological polar surface area (TPSA) is 0 Å². The van der Waals surface area contributed by atoms with Gasteiger partial charge in [-0.3, -0.25) is 0 Å². The molecule has 0 radical (unpaired) electrons. The monoisotopic (exact) mass is 296 g/mol. The van der Waals surface area contributed by atoms with E-state index in [9.17, 15) is 0 Å². The van der Waals surface area contributed by atoms with Gasteiger partial charge in [0.2, 0.25) is 0 Å². The lowest BCUT2D eigenvalue weighted by Gasteiger charge is -2.04. The SMILES string of the molecule is CC(C)C[SiH2]CCCCCCCCCC(Cl)Cl. The molecule has 0 aliphatic heterocycles. The van der Waals surface area contributed by atoms with Crippen molar-refractivity contribution in [2.75, 3.05) is 0 Å². The van der Waals surface area contributed by atoms with Crippen molar-refractivity contribution in [2.45, 2.75) is 82.1 Å². The summed E-state index contributed by atoms with van der Waals surface area (Å²) < 4.78 is 0. The van der Waals surface area contributed by atoms with E-state index in [-0.39, 0.29) is 14.4 Å². The van der Waals surface area contributed by atoms with E-state index in [1.54, 1.807) is 6.04 Å². The van der Waals surface area contributed by atoms with E-state index in [1.807, 2.05) is 0 Å². The summed E-state index contributed by atoms with van der Waals surface area (Å²) in [6.07, 6.45) is 10.6. The minimum atomic E-state index is -0.152. The quantitative estimate of drug-likeness (QED) is 0.251. The van der Waals surface area contributed by atoms with Crippen LogP contribution in [0.5, 0.6) is 0 Å². The first-order valence-corrected chi connectivity index (χ1v) is 10.3. The smallest absolute Gasteiger partial charge is 0.105 e. The summed E-state index contributed by atoms with van der Waals surface area (Å²) >= 11 is 11.4. The molecule has 104 valence electrons. The second-order valence-corrected chi connectivity index (χ2v) is 8.81. The van der Waals surface area contributed by atoms with Crippen molar-refractivity contribution >= 4 is 32.7 Å². The summed E-state index contributed by atoms with van der Waals surface area (Å²) in [6.45, 7) is 4.69. The van der Waals surface area contributed by atoms with Crippen molar-refractivity contribution in [1.29, 1.82) is 0 Å². The Bertz CT molecular complexity index is 133. The molecule has 0 saturated carbocycles. The third-order valence-corrected chi connectivity index (χ3v) is 6.20. The molecule has 0 aliphatic rings. The van der Waals surface area contributed by atoms with E-state index in [4.69, 9.17) is 23.2 Å². The van der Waals surface area contributed by atoms with Gasteiger partial charge < -0.3 is 0 Å². The van der Waals surface area contributed by atoms with Crippen molar-refractivity contribution in [3.05, 3.63) is 0 Å². The molecule has 0 heterocycles. The molecule has 17 heavy (non-hydrogen) atoms. The largest absolute Gasteiger partial charge is 0.107 e. The third-order valence-electron chi connectivity index (χ3n) is 3.20. The maximum Gasteiger partial charge on any atom is 0.107 e. The molecule has 0 aromatic heterocycles. The lowest BCUT2D eigenvalue weighted by Crippen LogP contribution is -1.95. The van der Waals surface area contributed by atoms with Gasteiger partial charge in [-0.1, -0.05) is 76.8 Å². The molecule has 0 bridgehead atoms. The summed E-state index contributed by atoms with van der Waals surface area (Å²) in [5, 5.41) is 0. The van der Waals surface area contributed by atoms with Crippen molar-refractivity contribution in [3.8, 4) is 0 Å². The van der Waals surface area contributed by atoms with E-state index in [0.29, 0.717) is 0 Å². The van der Waals surface area contributed by atoms with Gasteiger partial charge in [-0.2, -0.15) is 0 Å². The molecule has 3 heteroatoms. The van der Waals surface area contributed by atoms with Crippen LogP contribution in [0.2, 0.25) is 12.1 Å². The van der Waals surface area contributed by atoms with Gasteiger partial charge in [-0.05, 0) is 6.42 Å².